The molecule has 1 aliphatic rings. The summed E-state index contributed by atoms with van der Waals surface area (Å²) in [5, 5.41) is 17.4. The number of nitrogens with zero attached hydrogens (tertiary/aromatic N) is 3. The standard InChI is InChI=1S/C23H25ClN4O2/c24-20-2-1-3-21(12-20)28-16-19(14-26-28)23(30)25-13-17-4-6-18(7-5-17)15-27-10-8-22(29)9-11-27/h1-7,12,14,16,22,29H,8-11,13,15H2,(H,25,30). The Balaban J connectivity index is 1.30. The number of piperidine rings is 1. The summed E-state index contributed by atoms with van der Waals surface area (Å²) in [5.41, 5.74) is 3.59. The van der Waals surface area contributed by atoms with Crippen LogP contribution in [0.25, 0.3) is 5.69 Å². The average Bonchev–Trinajstić information content (AvgIpc) is 3.25. The summed E-state index contributed by atoms with van der Waals surface area (Å²) >= 11 is 6.02. The van der Waals surface area contributed by atoms with E-state index in [0.717, 1.165) is 43.7 Å². The number of aliphatic hydroxyl groups is 1. The van der Waals surface area contributed by atoms with Crippen molar-refractivity contribution in [2.45, 2.75) is 32.0 Å². The molecule has 156 valence electrons. The van der Waals surface area contributed by atoms with Gasteiger partial charge in [-0.15, -0.1) is 0 Å². The van der Waals surface area contributed by atoms with Gasteiger partial charge in [-0.2, -0.15) is 5.10 Å². The van der Waals surface area contributed by atoms with E-state index in [-0.39, 0.29) is 12.0 Å². The van der Waals surface area contributed by atoms with Gasteiger partial charge in [-0.05, 0) is 42.2 Å². The zero-order valence-corrected chi connectivity index (χ0v) is 17.4. The van der Waals surface area contributed by atoms with Crippen molar-refractivity contribution in [1.82, 2.24) is 20.0 Å². The third-order valence-corrected chi connectivity index (χ3v) is 5.59. The molecule has 0 unspecified atom stereocenters. The molecule has 1 aromatic heterocycles. The van der Waals surface area contributed by atoms with Crippen LogP contribution >= 0.6 is 11.6 Å². The maximum Gasteiger partial charge on any atom is 0.254 e. The summed E-state index contributed by atoms with van der Waals surface area (Å²) in [5.74, 6) is -0.167. The van der Waals surface area contributed by atoms with Crippen LogP contribution in [0.1, 0.15) is 34.3 Å². The van der Waals surface area contributed by atoms with Gasteiger partial charge in [-0.3, -0.25) is 9.69 Å². The van der Waals surface area contributed by atoms with Crippen LogP contribution in [0, 0.1) is 0 Å². The molecule has 30 heavy (non-hydrogen) atoms. The molecule has 2 heterocycles. The fourth-order valence-corrected chi connectivity index (χ4v) is 3.77. The van der Waals surface area contributed by atoms with Crippen LogP contribution in [-0.4, -0.2) is 44.9 Å². The molecule has 1 fully saturated rings. The van der Waals surface area contributed by atoms with E-state index < -0.39 is 0 Å². The molecule has 0 radical (unpaired) electrons. The zero-order valence-electron chi connectivity index (χ0n) is 16.7. The molecule has 0 saturated carbocycles. The van der Waals surface area contributed by atoms with Crippen LogP contribution < -0.4 is 5.32 Å². The maximum absolute atomic E-state index is 12.5. The lowest BCUT2D eigenvalue weighted by molar-refractivity contribution is 0.0792. The van der Waals surface area contributed by atoms with E-state index in [4.69, 9.17) is 11.6 Å². The van der Waals surface area contributed by atoms with E-state index in [2.05, 4.69) is 27.4 Å². The van der Waals surface area contributed by atoms with Gasteiger partial charge in [-0.25, -0.2) is 4.68 Å². The Labute approximate surface area is 181 Å². The van der Waals surface area contributed by atoms with Crippen molar-refractivity contribution in [3.8, 4) is 5.69 Å². The molecule has 1 saturated heterocycles. The van der Waals surface area contributed by atoms with Crippen LogP contribution in [0.2, 0.25) is 5.02 Å². The summed E-state index contributed by atoms with van der Waals surface area (Å²) in [4.78, 5) is 14.8. The Kier molecular flexibility index (Phi) is 6.47. The fraction of sp³-hybridized carbons (Fsp3) is 0.304. The van der Waals surface area contributed by atoms with Crippen LogP contribution in [0.5, 0.6) is 0 Å². The highest BCUT2D eigenvalue weighted by atomic mass is 35.5. The molecule has 0 spiro atoms. The number of rotatable bonds is 6. The first-order valence-corrected chi connectivity index (χ1v) is 10.5. The zero-order chi connectivity index (χ0) is 20.9. The van der Waals surface area contributed by atoms with Gasteiger partial charge >= 0.3 is 0 Å². The lowest BCUT2D eigenvalue weighted by atomic mass is 10.1. The molecule has 2 aromatic carbocycles. The third-order valence-electron chi connectivity index (χ3n) is 5.36. The predicted molar refractivity (Wildman–Crippen MR) is 117 cm³/mol. The van der Waals surface area contributed by atoms with E-state index in [0.29, 0.717) is 17.1 Å². The number of aliphatic hydroxyl groups excluding tert-OH is 1. The molecule has 0 bridgehead atoms. The topological polar surface area (TPSA) is 70.4 Å². The summed E-state index contributed by atoms with van der Waals surface area (Å²) in [7, 11) is 0. The van der Waals surface area contributed by atoms with E-state index in [1.54, 1.807) is 29.2 Å². The Morgan fingerprint density at radius 2 is 1.87 bits per heavy atom. The summed E-state index contributed by atoms with van der Waals surface area (Å²) in [6, 6.07) is 15.6. The van der Waals surface area contributed by atoms with Gasteiger partial charge < -0.3 is 10.4 Å². The minimum Gasteiger partial charge on any atom is -0.393 e. The molecular weight excluding hydrogens is 400 g/mol. The first kappa shape index (κ1) is 20.6. The molecule has 0 atom stereocenters. The molecule has 1 amide bonds. The smallest absolute Gasteiger partial charge is 0.254 e. The second-order valence-electron chi connectivity index (χ2n) is 7.66. The lowest BCUT2D eigenvalue weighted by Crippen LogP contribution is -2.35. The Morgan fingerprint density at radius 3 is 2.60 bits per heavy atom. The van der Waals surface area contributed by atoms with Crippen molar-refractivity contribution in [3.63, 3.8) is 0 Å². The number of carbonyl (C=O) groups excluding carboxylic acids is 1. The number of amides is 1. The Hall–Kier alpha value is -2.67. The van der Waals surface area contributed by atoms with Gasteiger partial charge in [-0.1, -0.05) is 41.9 Å². The van der Waals surface area contributed by atoms with Gasteiger partial charge in [0, 0.05) is 37.4 Å². The van der Waals surface area contributed by atoms with Crippen molar-refractivity contribution in [1.29, 1.82) is 0 Å². The third kappa shape index (κ3) is 5.27. The van der Waals surface area contributed by atoms with Gasteiger partial charge in [0.1, 0.15) is 0 Å². The first-order valence-electron chi connectivity index (χ1n) is 10.1. The van der Waals surface area contributed by atoms with Gasteiger partial charge in [0.25, 0.3) is 5.91 Å². The normalized spacial score (nSPS) is 15.3. The quantitative estimate of drug-likeness (QED) is 0.636. The van der Waals surface area contributed by atoms with Crippen LogP contribution in [0.3, 0.4) is 0 Å². The van der Waals surface area contributed by atoms with Crippen molar-refractivity contribution in [3.05, 3.63) is 82.6 Å². The number of carbonyl (C=O) groups is 1. The number of likely N-dealkylation sites (tertiary alicyclic amines) is 1. The van der Waals surface area contributed by atoms with Crippen molar-refractivity contribution in [2.75, 3.05) is 13.1 Å². The summed E-state index contributed by atoms with van der Waals surface area (Å²) in [6.45, 7) is 3.21. The predicted octanol–water partition coefficient (Wildman–Crippen LogP) is 3.41. The van der Waals surface area contributed by atoms with E-state index in [9.17, 15) is 9.90 Å². The van der Waals surface area contributed by atoms with Crippen LogP contribution in [0.15, 0.2) is 60.9 Å². The average molecular weight is 425 g/mol. The molecule has 2 N–H and O–H groups in total. The number of benzene rings is 2. The lowest BCUT2D eigenvalue weighted by Gasteiger charge is -2.29. The van der Waals surface area contributed by atoms with Gasteiger partial charge in [0.2, 0.25) is 0 Å². The monoisotopic (exact) mass is 424 g/mol. The number of aromatic nitrogens is 2. The molecule has 3 aromatic rings. The molecule has 6 nitrogen and oxygen atoms in total. The van der Waals surface area contributed by atoms with Gasteiger partial charge in [0.05, 0.1) is 23.6 Å². The summed E-state index contributed by atoms with van der Waals surface area (Å²) in [6.07, 6.45) is 4.79. The van der Waals surface area contributed by atoms with Crippen molar-refractivity contribution < 1.29 is 9.90 Å². The van der Waals surface area contributed by atoms with Gasteiger partial charge in [0.15, 0.2) is 0 Å². The van der Waals surface area contributed by atoms with Crippen LogP contribution in [0.4, 0.5) is 0 Å². The van der Waals surface area contributed by atoms with E-state index >= 15 is 0 Å². The second kappa shape index (κ2) is 9.43. The largest absolute Gasteiger partial charge is 0.393 e. The molecule has 0 aliphatic carbocycles. The van der Waals surface area contributed by atoms with Crippen LogP contribution in [-0.2, 0) is 13.1 Å². The fourth-order valence-electron chi connectivity index (χ4n) is 3.58. The number of halogens is 1. The number of hydrogen-bond donors (Lipinski definition) is 2. The molecule has 1 aliphatic heterocycles. The first-order chi connectivity index (χ1) is 14.6. The molecule has 7 heteroatoms. The highest BCUT2D eigenvalue weighted by molar-refractivity contribution is 6.30. The Bertz CT molecular complexity index is 994. The minimum atomic E-state index is -0.167. The SMILES string of the molecule is O=C(NCc1ccc(CN2CCC(O)CC2)cc1)c1cnn(-c2cccc(Cl)c2)c1. The molecular formula is C23H25ClN4O2. The maximum atomic E-state index is 12.5. The highest BCUT2D eigenvalue weighted by Crippen LogP contribution is 2.16. The van der Waals surface area contributed by atoms with E-state index in [1.807, 2.05) is 24.3 Å². The number of nitrogens with one attached hydrogen (secondary N) is 1. The minimum absolute atomic E-state index is 0.148. The second-order valence-corrected chi connectivity index (χ2v) is 8.10. The van der Waals surface area contributed by atoms with E-state index in [1.165, 1.54) is 5.56 Å². The van der Waals surface area contributed by atoms with Crippen molar-refractivity contribution >= 4 is 17.5 Å². The van der Waals surface area contributed by atoms with Crippen molar-refractivity contribution in [2.24, 2.45) is 0 Å². The number of hydrogen-bond acceptors (Lipinski definition) is 4. The Morgan fingerprint density at radius 1 is 1.13 bits per heavy atom. The highest BCUT2D eigenvalue weighted by Gasteiger charge is 2.16. The summed E-state index contributed by atoms with van der Waals surface area (Å²) < 4.78 is 1.63. The molecule has 4 rings (SSSR count).